The van der Waals surface area contributed by atoms with Gasteiger partial charge in [0.1, 0.15) is 5.41 Å². The summed E-state index contributed by atoms with van der Waals surface area (Å²) in [7, 11) is 0. The molecule has 0 unspecified atom stereocenters. The number of benzene rings is 2. The van der Waals surface area contributed by atoms with E-state index in [1.165, 1.54) is 31.2 Å². The quantitative estimate of drug-likeness (QED) is 0.565. The summed E-state index contributed by atoms with van der Waals surface area (Å²) >= 11 is 6.48. The van der Waals surface area contributed by atoms with Gasteiger partial charge in [-0.2, -0.15) is 13.2 Å². The lowest BCUT2D eigenvalue weighted by Gasteiger charge is -2.33. The lowest BCUT2D eigenvalue weighted by atomic mass is 9.75. The average Bonchev–Trinajstić information content (AvgIpc) is 2.38. The Labute approximate surface area is 132 Å². The van der Waals surface area contributed by atoms with Gasteiger partial charge in [0.15, 0.2) is 0 Å². The molecule has 0 aliphatic rings. The standard InChI is InChI=1S/C15H11Br2F3/c1-14(15(18,19)20,10-2-6-12(16)7-3-10)11-4-8-13(17)9-5-11/h2-9H,1H3. The van der Waals surface area contributed by atoms with Crippen molar-refractivity contribution in [3.8, 4) is 0 Å². The Hall–Kier alpha value is -0.810. The molecule has 2 aromatic carbocycles. The van der Waals surface area contributed by atoms with E-state index in [9.17, 15) is 13.2 Å². The second-order valence-corrected chi connectivity index (χ2v) is 6.47. The Kier molecular flexibility index (Phi) is 4.30. The van der Waals surface area contributed by atoms with Crippen molar-refractivity contribution in [2.45, 2.75) is 18.5 Å². The summed E-state index contributed by atoms with van der Waals surface area (Å²) in [4.78, 5) is 0. The molecule has 0 heterocycles. The zero-order valence-electron chi connectivity index (χ0n) is 10.5. The van der Waals surface area contributed by atoms with Crippen LogP contribution in [0.2, 0.25) is 0 Å². The first-order valence-corrected chi connectivity index (χ1v) is 7.42. The predicted octanol–water partition coefficient (Wildman–Crippen LogP) is 6.08. The number of rotatable bonds is 2. The van der Waals surface area contributed by atoms with Gasteiger partial charge in [-0.25, -0.2) is 0 Å². The van der Waals surface area contributed by atoms with E-state index in [-0.39, 0.29) is 11.1 Å². The molecule has 0 amide bonds. The average molecular weight is 408 g/mol. The van der Waals surface area contributed by atoms with Crippen molar-refractivity contribution in [2.24, 2.45) is 0 Å². The topological polar surface area (TPSA) is 0 Å². The highest BCUT2D eigenvalue weighted by Crippen LogP contribution is 2.46. The molecule has 20 heavy (non-hydrogen) atoms. The monoisotopic (exact) mass is 406 g/mol. The third-order valence-electron chi connectivity index (χ3n) is 3.41. The van der Waals surface area contributed by atoms with Gasteiger partial charge in [0.05, 0.1) is 0 Å². The molecule has 0 radical (unpaired) electrons. The minimum Gasteiger partial charge on any atom is -0.170 e. The van der Waals surface area contributed by atoms with Crippen LogP contribution in [0.5, 0.6) is 0 Å². The third kappa shape index (κ3) is 2.79. The highest BCUT2D eigenvalue weighted by molar-refractivity contribution is 9.10. The Morgan fingerprint density at radius 3 is 1.25 bits per heavy atom. The molecule has 5 heteroatoms. The summed E-state index contributed by atoms with van der Waals surface area (Å²) in [6.45, 7) is 1.21. The van der Waals surface area contributed by atoms with E-state index < -0.39 is 11.6 Å². The van der Waals surface area contributed by atoms with Gasteiger partial charge in [-0.05, 0) is 42.3 Å². The highest BCUT2D eigenvalue weighted by Gasteiger charge is 2.53. The predicted molar refractivity (Wildman–Crippen MR) is 80.8 cm³/mol. The van der Waals surface area contributed by atoms with Crippen molar-refractivity contribution in [1.82, 2.24) is 0 Å². The molecule has 0 aliphatic heterocycles. The van der Waals surface area contributed by atoms with Crippen LogP contribution in [0, 0.1) is 0 Å². The molecule has 0 saturated heterocycles. The van der Waals surface area contributed by atoms with Crippen LogP contribution in [0.15, 0.2) is 57.5 Å². The molecule has 0 spiro atoms. The summed E-state index contributed by atoms with van der Waals surface area (Å²) in [6.07, 6.45) is -4.38. The normalized spacial score (nSPS) is 12.5. The van der Waals surface area contributed by atoms with Crippen LogP contribution in [0.3, 0.4) is 0 Å². The van der Waals surface area contributed by atoms with Gasteiger partial charge in [-0.3, -0.25) is 0 Å². The van der Waals surface area contributed by atoms with Crippen molar-refractivity contribution in [3.63, 3.8) is 0 Å². The summed E-state index contributed by atoms with van der Waals surface area (Å²) in [5, 5.41) is 0. The number of halogens is 5. The van der Waals surface area contributed by atoms with E-state index in [2.05, 4.69) is 31.9 Å². The van der Waals surface area contributed by atoms with Crippen LogP contribution in [0.4, 0.5) is 13.2 Å². The van der Waals surface area contributed by atoms with Gasteiger partial charge in [0.25, 0.3) is 0 Å². The maximum absolute atomic E-state index is 13.7. The van der Waals surface area contributed by atoms with Crippen molar-refractivity contribution >= 4 is 31.9 Å². The number of alkyl halides is 3. The van der Waals surface area contributed by atoms with E-state index >= 15 is 0 Å². The van der Waals surface area contributed by atoms with Gasteiger partial charge >= 0.3 is 6.18 Å². The van der Waals surface area contributed by atoms with E-state index in [1.807, 2.05) is 0 Å². The summed E-state index contributed by atoms with van der Waals surface area (Å²) in [5.41, 5.74) is -1.60. The number of hydrogen-bond donors (Lipinski definition) is 0. The van der Waals surface area contributed by atoms with Crippen LogP contribution in [0.25, 0.3) is 0 Å². The molecule has 0 aliphatic carbocycles. The van der Waals surface area contributed by atoms with E-state index in [4.69, 9.17) is 0 Å². The zero-order valence-corrected chi connectivity index (χ0v) is 13.7. The smallest absolute Gasteiger partial charge is 0.170 e. The molecule has 2 rings (SSSR count). The third-order valence-corrected chi connectivity index (χ3v) is 4.47. The van der Waals surface area contributed by atoms with Crippen LogP contribution in [0.1, 0.15) is 18.1 Å². The Morgan fingerprint density at radius 2 is 1.00 bits per heavy atom. The van der Waals surface area contributed by atoms with Crippen molar-refractivity contribution < 1.29 is 13.2 Å². The molecule has 106 valence electrons. The molecular formula is C15H11Br2F3. The molecule has 0 aromatic heterocycles. The first kappa shape index (κ1) is 15.6. The van der Waals surface area contributed by atoms with E-state index in [0.717, 1.165) is 8.95 Å². The highest BCUT2D eigenvalue weighted by atomic mass is 79.9. The van der Waals surface area contributed by atoms with Crippen LogP contribution < -0.4 is 0 Å². The fraction of sp³-hybridized carbons (Fsp3) is 0.200. The maximum atomic E-state index is 13.7. The molecule has 0 atom stereocenters. The molecule has 0 nitrogen and oxygen atoms in total. The second kappa shape index (κ2) is 5.53. The van der Waals surface area contributed by atoms with Gasteiger partial charge in [-0.15, -0.1) is 0 Å². The SMILES string of the molecule is CC(c1ccc(Br)cc1)(c1ccc(Br)cc1)C(F)(F)F. The summed E-state index contributed by atoms with van der Waals surface area (Å²) < 4.78 is 42.5. The summed E-state index contributed by atoms with van der Waals surface area (Å²) in [6, 6.07) is 12.5. The fourth-order valence-electron chi connectivity index (χ4n) is 2.06. The molecular weight excluding hydrogens is 397 g/mol. The van der Waals surface area contributed by atoms with E-state index in [0.29, 0.717) is 0 Å². The van der Waals surface area contributed by atoms with Crippen LogP contribution in [-0.2, 0) is 5.41 Å². The van der Waals surface area contributed by atoms with Gasteiger partial charge in [-0.1, -0.05) is 56.1 Å². The number of hydrogen-bond acceptors (Lipinski definition) is 0. The lowest BCUT2D eigenvalue weighted by molar-refractivity contribution is -0.173. The van der Waals surface area contributed by atoms with Gasteiger partial charge < -0.3 is 0 Å². The first-order valence-electron chi connectivity index (χ1n) is 5.84. The van der Waals surface area contributed by atoms with Crippen LogP contribution >= 0.6 is 31.9 Å². The van der Waals surface area contributed by atoms with Crippen molar-refractivity contribution in [3.05, 3.63) is 68.6 Å². The lowest BCUT2D eigenvalue weighted by Crippen LogP contribution is -2.40. The molecule has 0 saturated carbocycles. The molecule has 0 bridgehead atoms. The molecule has 0 N–H and O–H groups in total. The Bertz CT molecular complexity index is 541. The maximum Gasteiger partial charge on any atom is 0.402 e. The molecule has 2 aromatic rings. The Morgan fingerprint density at radius 1 is 0.700 bits per heavy atom. The van der Waals surface area contributed by atoms with Crippen molar-refractivity contribution in [1.29, 1.82) is 0 Å². The minimum absolute atomic E-state index is 0.218. The van der Waals surface area contributed by atoms with Crippen LogP contribution in [-0.4, -0.2) is 6.18 Å². The van der Waals surface area contributed by atoms with Gasteiger partial charge in [0, 0.05) is 8.95 Å². The molecule has 0 fully saturated rings. The van der Waals surface area contributed by atoms with Gasteiger partial charge in [0.2, 0.25) is 0 Å². The van der Waals surface area contributed by atoms with E-state index in [1.54, 1.807) is 24.3 Å². The first-order chi connectivity index (χ1) is 9.25. The largest absolute Gasteiger partial charge is 0.402 e. The zero-order chi connectivity index (χ0) is 15.0. The second-order valence-electron chi connectivity index (χ2n) is 4.64. The summed E-state index contributed by atoms with van der Waals surface area (Å²) in [5.74, 6) is 0. The fourth-order valence-corrected chi connectivity index (χ4v) is 2.59. The minimum atomic E-state index is -4.38. The Balaban J connectivity index is 2.62. The van der Waals surface area contributed by atoms with Crippen molar-refractivity contribution in [2.75, 3.05) is 0 Å².